The number of nitrogens with zero attached hydrogens (tertiary/aromatic N) is 2. The number of aliphatic hydroxyl groups is 1. The average Bonchev–Trinajstić information content (AvgIpc) is 2.84. The topological polar surface area (TPSA) is 56.9 Å². The molecule has 18 heavy (non-hydrogen) atoms. The van der Waals surface area contributed by atoms with E-state index in [-0.39, 0.29) is 0 Å². The number of hydrogen-bond donors (Lipinski definition) is 1. The van der Waals surface area contributed by atoms with Crippen molar-refractivity contribution in [1.82, 2.24) is 4.98 Å². The first-order valence-corrected chi connectivity index (χ1v) is 7.50. The predicted octanol–water partition coefficient (Wildman–Crippen LogP) is 3.60. The highest BCUT2D eigenvalue weighted by Gasteiger charge is 2.44. The van der Waals surface area contributed by atoms with Crippen LogP contribution >= 0.6 is 11.3 Å². The Morgan fingerprint density at radius 1 is 1.72 bits per heavy atom. The Bertz CT molecular complexity index is 451. The Morgan fingerprint density at radius 2 is 2.50 bits per heavy atom. The molecule has 3 atom stereocenters. The van der Waals surface area contributed by atoms with Crippen molar-refractivity contribution in [1.29, 1.82) is 5.26 Å². The van der Waals surface area contributed by atoms with E-state index in [0.29, 0.717) is 10.9 Å². The summed E-state index contributed by atoms with van der Waals surface area (Å²) in [6.45, 7) is 4.08. The summed E-state index contributed by atoms with van der Waals surface area (Å²) in [5, 5.41) is 22.7. The second kappa shape index (κ2) is 5.38. The molecule has 98 valence electrons. The van der Waals surface area contributed by atoms with Crippen LogP contribution in [0.15, 0.2) is 5.38 Å². The molecule has 1 aromatic heterocycles. The summed E-state index contributed by atoms with van der Waals surface area (Å²) in [4.78, 5) is 4.35. The zero-order chi connectivity index (χ0) is 13.2. The van der Waals surface area contributed by atoms with Gasteiger partial charge in [0.1, 0.15) is 11.1 Å². The Balaban J connectivity index is 2.24. The summed E-state index contributed by atoms with van der Waals surface area (Å²) >= 11 is 1.46. The van der Waals surface area contributed by atoms with Crippen molar-refractivity contribution in [3.05, 3.63) is 16.1 Å². The van der Waals surface area contributed by atoms with Gasteiger partial charge in [-0.1, -0.05) is 26.2 Å². The maximum Gasteiger partial charge on any atom is 0.124 e. The lowest BCUT2D eigenvalue weighted by Gasteiger charge is -2.38. The first-order chi connectivity index (χ1) is 8.61. The van der Waals surface area contributed by atoms with Crippen LogP contribution in [0.25, 0.3) is 0 Å². The van der Waals surface area contributed by atoms with Gasteiger partial charge in [-0.15, -0.1) is 11.3 Å². The van der Waals surface area contributed by atoms with E-state index in [1.807, 2.05) is 12.3 Å². The van der Waals surface area contributed by atoms with Crippen LogP contribution in [0.4, 0.5) is 0 Å². The summed E-state index contributed by atoms with van der Waals surface area (Å²) < 4.78 is 0. The third-order valence-electron chi connectivity index (χ3n) is 4.08. The van der Waals surface area contributed by atoms with Gasteiger partial charge in [0.25, 0.3) is 0 Å². The Hall–Kier alpha value is -0.920. The largest absolute Gasteiger partial charge is 0.384 e. The van der Waals surface area contributed by atoms with Crippen molar-refractivity contribution in [3.8, 4) is 6.07 Å². The Labute approximate surface area is 112 Å². The normalized spacial score (nSPS) is 29.8. The second-order valence-corrected chi connectivity index (χ2v) is 6.26. The molecule has 1 aliphatic carbocycles. The van der Waals surface area contributed by atoms with Crippen LogP contribution < -0.4 is 0 Å². The van der Waals surface area contributed by atoms with Crippen LogP contribution in [0.2, 0.25) is 0 Å². The first kappa shape index (κ1) is 13.5. The van der Waals surface area contributed by atoms with Crippen molar-refractivity contribution in [2.75, 3.05) is 0 Å². The molecule has 0 spiro atoms. The number of aryl methyl sites for hydroxylation is 1. The molecule has 0 aliphatic heterocycles. The molecule has 2 rings (SSSR count). The Kier molecular flexibility index (Phi) is 4.04. The highest BCUT2D eigenvalue weighted by molar-refractivity contribution is 7.09. The summed E-state index contributed by atoms with van der Waals surface area (Å²) in [5.74, 6) is 0.564. The van der Waals surface area contributed by atoms with Crippen LogP contribution in [0.3, 0.4) is 0 Å². The zero-order valence-electron chi connectivity index (χ0n) is 11.0. The van der Waals surface area contributed by atoms with Crippen LogP contribution in [0.1, 0.15) is 55.8 Å². The molecule has 1 heterocycles. The third kappa shape index (κ3) is 2.43. The highest BCUT2D eigenvalue weighted by Crippen LogP contribution is 2.48. The van der Waals surface area contributed by atoms with Crippen LogP contribution in [0.5, 0.6) is 0 Å². The van der Waals surface area contributed by atoms with Gasteiger partial charge in [-0.25, -0.2) is 4.98 Å². The quantitative estimate of drug-likeness (QED) is 0.907. The highest BCUT2D eigenvalue weighted by atomic mass is 32.1. The summed E-state index contributed by atoms with van der Waals surface area (Å²) in [6, 6.07) is 2.41. The standard InChI is InChI=1S/C14H20N2OS/c1-3-11-5-4-6-14(7-11,9-15)12(17)13-16-10(2)8-18-13/h8,11-12,17H,3-7H2,1-2H3. The van der Waals surface area contributed by atoms with Gasteiger partial charge in [0.15, 0.2) is 0 Å². The van der Waals surface area contributed by atoms with Crippen molar-refractivity contribution >= 4 is 11.3 Å². The zero-order valence-corrected chi connectivity index (χ0v) is 11.8. The molecule has 4 heteroatoms. The number of thiazole rings is 1. The fraction of sp³-hybridized carbons (Fsp3) is 0.714. The van der Waals surface area contributed by atoms with E-state index in [9.17, 15) is 10.4 Å². The van der Waals surface area contributed by atoms with Gasteiger partial charge in [0, 0.05) is 11.1 Å². The van der Waals surface area contributed by atoms with Crippen LogP contribution in [0, 0.1) is 29.6 Å². The summed E-state index contributed by atoms with van der Waals surface area (Å²) in [7, 11) is 0. The molecule has 0 bridgehead atoms. The minimum atomic E-state index is -0.726. The molecule has 1 fully saturated rings. The van der Waals surface area contributed by atoms with Gasteiger partial charge in [0.2, 0.25) is 0 Å². The van der Waals surface area contributed by atoms with Crippen LogP contribution in [-0.4, -0.2) is 10.1 Å². The summed E-state index contributed by atoms with van der Waals surface area (Å²) in [6.07, 6.45) is 4.18. The molecular formula is C14H20N2OS. The maximum atomic E-state index is 10.5. The second-order valence-electron chi connectivity index (χ2n) is 5.37. The van der Waals surface area contributed by atoms with Gasteiger partial charge < -0.3 is 5.11 Å². The lowest BCUT2D eigenvalue weighted by molar-refractivity contribution is 0.0183. The van der Waals surface area contributed by atoms with Crippen LogP contribution in [-0.2, 0) is 0 Å². The Morgan fingerprint density at radius 3 is 3.06 bits per heavy atom. The van der Waals surface area contributed by atoms with E-state index in [1.165, 1.54) is 17.8 Å². The molecule has 0 radical (unpaired) electrons. The molecule has 0 saturated heterocycles. The average molecular weight is 264 g/mol. The number of hydrogen-bond acceptors (Lipinski definition) is 4. The van der Waals surface area contributed by atoms with E-state index >= 15 is 0 Å². The number of aliphatic hydroxyl groups excluding tert-OH is 1. The smallest absolute Gasteiger partial charge is 0.124 e. The van der Waals surface area contributed by atoms with Gasteiger partial charge >= 0.3 is 0 Å². The SMILES string of the molecule is CCC1CCCC(C#N)(C(O)c2nc(C)cs2)C1. The lowest BCUT2D eigenvalue weighted by atomic mass is 9.67. The predicted molar refractivity (Wildman–Crippen MR) is 72.1 cm³/mol. The van der Waals surface area contributed by atoms with Gasteiger partial charge in [-0.05, 0) is 25.7 Å². The first-order valence-electron chi connectivity index (χ1n) is 6.62. The van der Waals surface area contributed by atoms with Crippen molar-refractivity contribution < 1.29 is 5.11 Å². The number of aromatic nitrogens is 1. The van der Waals surface area contributed by atoms with Crippen molar-refractivity contribution in [2.45, 2.75) is 52.1 Å². The lowest BCUT2D eigenvalue weighted by Crippen LogP contribution is -2.33. The molecule has 1 saturated carbocycles. The third-order valence-corrected chi connectivity index (χ3v) is 5.10. The number of nitriles is 1. The molecule has 3 unspecified atom stereocenters. The van der Waals surface area contributed by atoms with E-state index in [4.69, 9.17) is 0 Å². The van der Waals surface area contributed by atoms with E-state index in [2.05, 4.69) is 18.0 Å². The molecule has 0 aromatic carbocycles. The van der Waals surface area contributed by atoms with E-state index in [1.54, 1.807) is 0 Å². The fourth-order valence-corrected chi connectivity index (χ4v) is 3.81. The molecule has 3 nitrogen and oxygen atoms in total. The molecular weight excluding hydrogens is 244 g/mol. The molecule has 1 N–H and O–H groups in total. The maximum absolute atomic E-state index is 10.5. The van der Waals surface area contributed by atoms with Gasteiger partial charge in [0.05, 0.1) is 11.5 Å². The monoisotopic (exact) mass is 264 g/mol. The molecule has 1 aliphatic rings. The van der Waals surface area contributed by atoms with Gasteiger partial charge in [-0.2, -0.15) is 5.26 Å². The van der Waals surface area contributed by atoms with Gasteiger partial charge in [-0.3, -0.25) is 0 Å². The van der Waals surface area contributed by atoms with E-state index < -0.39 is 11.5 Å². The summed E-state index contributed by atoms with van der Waals surface area (Å²) in [5.41, 5.74) is 0.299. The van der Waals surface area contributed by atoms with Crippen molar-refractivity contribution in [2.24, 2.45) is 11.3 Å². The minimum absolute atomic E-state index is 0.564. The number of rotatable bonds is 3. The fourth-order valence-electron chi connectivity index (χ4n) is 2.92. The molecule has 0 amide bonds. The molecule has 1 aromatic rings. The van der Waals surface area contributed by atoms with Crippen molar-refractivity contribution in [3.63, 3.8) is 0 Å². The van der Waals surface area contributed by atoms with E-state index in [0.717, 1.165) is 31.4 Å². The minimum Gasteiger partial charge on any atom is -0.384 e.